The lowest BCUT2D eigenvalue weighted by Crippen LogP contribution is -2.34. The topological polar surface area (TPSA) is 104 Å². The minimum absolute atomic E-state index is 0.239. The average Bonchev–Trinajstić information content (AvgIpc) is 3.42. The van der Waals surface area contributed by atoms with Gasteiger partial charge in [-0.3, -0.25) is 14.8 Å². The van der Waals surface area contributed by atoms with E-state index >= 15 is 0 Å². The highest BCUT2D eigenvalue weighted by Gasteiger charge is 2.21. The predicted octanol–water partition coefficient (Wildman–Crippen LogP) is 3.44. The van der Waals surface area contributed by atoms with Gasteiger partial charge >= 0.3 is 0 Å². The molecule has 0 unspecified atom stereocenters. The van der Waals surface area contributed by atoms with Crippen molar-refractivity contribution in [3.8, 4) is 11.5 Å². The van der Waals surface area contributed by atoms with Crippen LogP contribution in [0.4, 0.5) is 0 Å². The van der Waals surface area contributed by atoms with E-state index in [1.54, 1.807) is 0 Å². The molecule has 7 nitrogen and oxygen atoms in total. The second kappa shape index (κ2) is 8.96. The van der Waals surface area contributed by atoms with Gasteiger partial charge in [0.05, 0.1) is 18.7 Å². The van der Waals surface area contributed by atoms with Crippen LogP contribution in [0, 0.1) is 5.92 Å². The molecule has 1 aliphatic rings. The molecule has 0 aliphatic carbocycles. The van der Waals surface area contributed by atoms with Gasteiger partial charge in [0.15, 0.2) is 5.82 Å². The van der Waals surface area contributed by atoms with Gasteiger partial charge in [0.25, 0.3) is 0 Å². The van der Waals surface area contributed by atoms with Crippen molar-refractivity contribution in [1.29, 1.82) is 0 Å². The third-order valence-corrected chi connectivity index (χ3v) is 6.28. The average molecular weight is 429 g/mol. The van der Waals surface area contributed by atoms with Crippen molar-refractivity contribution in [2.75, 3.05) is 13.1 Å². The Balaban J connectivity index is 1.19. The second-order valence-corrected chi connectivity index (χ2v) is 8.76. The number of H-pyrrole nitrogens is 2. The maximum atomic E-state index is 11.2. The number of aromatic nitrogens is 4. The summed E-state index contributed by atoms with van der Waals surface area (Å²) in [5.41, 5.74) is 9.50. The summed E-state index contributed by atoms with van der Waals surface area (Å²) in [6.45, 7) is 2.96. The SMILES string of the molecule is NC(=O)Cc1ccc2[nH]c(-c3n[nH]c(CN4CCC(Cc5ccccc5)CC4)n3)cc2c1. The van der Waals surface area contributed by atoms with Crippen molar-refractivity contribution in [3.05, 3.63) is 71.5 Å². The molecule has 4 N–H and O–H groups in total. The van der Waals surface area contributed by atoms with E-state index in [0.717, 1.165) is 53.5 Å². The van der Waals surface area contributed by atoms with Gasteiger partial charge in [-0.25, -0.2) is 4.98 Å². The molecule has 5 rings (SSSR count). The van der Waals surface area contributed by atoms with Crippen molar-refractivity contribution >= 4 is 16.8 Å². The summed E-state index contributed by atoms with van der Waals surface area (Å²) in [4.78, 5) is 21.7. The van der Waals surface area contributed by atoms with E-state index in [-0.39, 0.29) is 12.3 Å². The molecule has 2 aromatic heterocycles. The molecular formula is C25H28N6O. The molecular weight excluding hydrogens is 400 g/mol. The van der Waals surface area contributed by atoms with E-state index in [4.69, 9.17) is 10.7 Å². The number of hydrogen-bond acceptors (Lipinski definition) is 4. The van der Waals surface area contributed by atoms with Crippen molar-refractivity contribution in [1.82, 2.24) is 25.1 Å². The van der Waals surface area contributed by atoms with Crippen LogP contribution in [0.5, 0.6) is 0 Å². The van der Waals surface area contributed by atoms with Crippen molar-refractivity contribution in [2.24, 2.45) is 11.7 Å². The second-order valence-electron chi connectivity index (χ2n) is 8.76. The number of piperidine rings is 1. The predicted molar refractivity (Wildman–Crippen MR) is 125 cm³/mol. The quantitative estimate of drug-likeness (QED) is 0.419. The maximum absolute atomic E-state index is 11.2. The van der Waals surface area contributed by atoms with Crippen molar-refractivity contribution in [2.45, 2.75) is 32.2 Å². The summed E-state index contributed by atoms with van der Waals surface area (Å²) in [7, 11) is 0. The number of nitrogens with two attached hydrogens (primary N) is 1. The van der Waals surface area contributed by atoms with E-state index in [1.807, 2.05) is 24.3 Å². The van der Waals surface area contributed by atoms with Gasteiger partial charge in [-0.05, 0) is 67.6 Å². The number of aromatic amines is 2. The van der Waals surface area contributed by atoms with E-state index in [2.05, 4.69) is 50.4 Å². The Morgan fingerprint density at radius 1 is 1.06 bits per heavy atom. The van der Waals surface area contributed by atoms with Crippen LogP contribution in [0.25, 0.3) is 22.4 Å². The third-order valence-electron chi connectivity index (χ3n) is 6.28. The first-order valence-corrected chi connectivity index (χ1v) is 11.2. The molecule has 7 heteroatoms. The Bertz CT molecular complexity index is 1200. The number of carbonyl (C=O) groups is 1. The lowest BCUT2D eigenvalue weighted by Gasteiger charge is -2.31. The molecule has 3 heterocycles. The number of likely N-dealkylation sites (tertiary alicyclic amines) is 1. The summed E-state index contributed by atoms with van der Waals surface area (Å²) < 4.78 is 0. The van der Waals surface area contributed by atoms with E-state index in [9.17, 15) is 4.79 Å². The van der Waals surface area contributed by atoms with Crippen LogP contribution in [0.3, 0.4) is 0 Å². The highest BCUT2D eigenvalue weighted by Crippen LogP contribution is 2.25. The van der Waals surface area contributed by atoms with Crippen LogP contribution in [0.15, 0.2) is 54.6 Å². The number of hydrogen-bond donors (Lipinski definition) is 3. The zero-order chi connectivity index (χ0) is 21.9. The number of nitrogens with one attached hydrogen (secondary N) is 2. The summed E-state index contributed by atoms with van der Waals surface area (Å²) in [5, 5.41) is 8.54. The summed E-state index contributed by atoms with van der Waals surface area (Å²) in [5.74, 6) is 1.97. The minimum atomic E-state index is -0.331. The maximum Gasteiger partial charge on any atom is 0.221 e. The fourth-order valence-corrected chi connectivity index (χ4v) is 4.61. The summed E-state index contributed by atoms with van der Waals surface area (Å²) >= 11 is 0. The van der Waals surface area contributed by atoms with Crippen LogP contribution in [-0.4, -0.2) is 44.1 Å². The first-order valence-electron chi connectivity index (χ1n) is 11.2. The number of amides is 1. The van der Waals surface area contributed by atoms with Crippen LogP contribution in [0.1, 0.15) is 29.8 Å². The molecule has 0 atom stereocenters. The number of primary amides is 1. The fourth-order valence-electron chi connectivity index (χ4n) is 4.61. The molecule has 1 saturated heterocycles. The van der Waals surface area contributed by atoms with Gasteiger partial charge in [-0.2, -0.15) is 5.10 Å². The first-order chi connectivity index (χ1) is 15.6. The third kappa shape index (κ3) is 4.73. The Kier molecular flexibility index (Phi) is 5.73. The lowest BCUT2D eigenvalue weighted by atomic mass is 9.90. The number of benzene rings is 2. The number of carbonyl (C=O) groups excluding carboxylic acids is 1. The van der Waals surface area contributed by atoms with Gasteiger partial charge in [0, 0.05) is 10.9 Å². The monoisotopic (exact) mass is 428 g/mol. The van der Waals surface area contributed by atoms with E-state index < -0.39 is 0 Å². The van der Waals surface area contributed by atoms with Crippen LogP contribution >= 0.6 is 0 Å². The Morgan fingerprint density at radius 3 is 2.66 bits per heavy atom. The standard InChI is InChI=1S/C25H28N6O/c26-23(32)14-19-6-7-21-20(13-19)15-22(27-21)25-28-24(29-30-25)16-31-10-8-18(9-11-31)12-17-4-2-1-3-5-17/h1-7,13,15,18,27H,8-12,14,16H2,(H2,26,32)(H,28,29,30). The molecule has 0 radical (unpaired) electrons. The molecule has 32 heavy (non-hydrogen) atoms. The van der Waals surface area contributed by atoms with Gasteiger partial charge in [-0.1, -0.05) is 36.4 Å². The molecule has 4 aromatic rings. The zero-order valence-corrected chi connectivity index (χ0v) is 18.1. The van der Waals surface area contributed by atoms with E-state index in [1.165, 1.54) is 24.8 Å². The molecule has 1 aliphatic heterocycles. The molecule has 164 valence electrons. The molecule has 0 saturated carbocycles. The normalized spacial score (nSPS) is 15.4. The Morgan fingerprint density at radius 2 is 1.88 bits per heavy atom. The fraction of sp³-hybridized carbons (Fsp3) is 0.320. The minimum Gasteiger partial charge on any atom is -0.369 e. The van der Waals surface area contributed by atoms with Gasteiger partial charge in [0.1, 0.15) is 5.82 Å². The zero-order valence-electron chi connectivity index (χ0n) is 18.1. The molecule has 1 fully saturated rings. The highest BCUT2D eigenvalue weighted by atomic mass is 16.1. The van der Waals surface area contributed by atoms with Gasteiger partial charge in [0.2, 0.25) is 5.91 Å². The van der Waals surface area contributed by atoms with Crippen LogP contribution in [-0.2, 0) is 24.2 Å². The van der Waals surface area contributed by atoms with Crippen molar-refractivity contribution < 1.29 is 4.79 Å². The van der Waals surface area contributed by atoms with Gasteiger partial charge in [-0.15, -0.1) is 0 Å². The number of fused-ring (bicyclic) bond motifs is 1. The first kappa shape index (κ1) is 20.5. The number of rotatable bonds is 7. The smallest absolute Gasteiger partial charge is 0.221 e. The van der Waals surface area contributed by atoms with Crippen molar-refractivity contribution in [3.63, 3.8) is 0 Å². The Hall–Kier alpha value is -3.45. The number of nitrogens with zero attached hydrogens (tertiary/aromatic N) is 3. The molecule has 2 aromatic carbocycles. The van der Waals surface area contributed by atoms with Crippen LogP contribution < -0.4 is 5.73 Å². The van der Waals surface area contributed by atoms with Gasteiger partial charge < -0.3 is 10.7 Å². The van der Waals surface area contributed by atoms with Crippen LogP contribution in [0.2, 0.25) is 0 Å². The highest BCUT2D eigenvalue weighted by molar-refractivity contribution is 5.86. The lowest BCUT2D eigenvalue weighted by molar-refractivity contribution is -0.117. The van der Waals surface area contributed by atoms with E-state index in [0.29, 0.717) is 5.82 Å². The largest absolute Gasteiger partial charge is 0.369 e. The summed E-state index contributed by atoms with van der Waals surface area (Å²) in [6, 6.07) is 18.7. The molecule has 1 amide bonds. The molecule has 0 spiro atoms. The Labute approximate surface area is 187 Å². The molecule has 0 bridgehead atoms. The summed E-state index contributed by atoms with van der Waals surface area (Å²) in [6.07, 6.45) is 3.84.